The number of nitrogens with zero attached hydrogens (tertiary/aromatic N) is 2. The van der Waals surface area contributed by atoms with Crippen molar-refractivity contribution in [2.24, 2.45) is 0 Å². The maximum Gasteiger partial charge on any atom is 0.244 e. The lowest BCUT2D eigenvalue weighted by Crippen LogP contribution is -3.13. The second kappa shape index (κ2) is 9.71. The van der Waals surface area contributed by atoms with Gasteiger partial charge in [0.25, 0.3) is 0 Å². The number of aromatic nitrogens is 2. The largest absolute Gasteiger partial charge is 0.349 e. The van der Waals surface area contributed by atoms with Gasteiger partial charge in [0.2, 0.25) is 5.91 Å². The molecule has 160 valence electrons. The van der Waals surface area contributed by atoms with Crippen molar-refractivity contribution in [1.29, 1.82) is 0 Å². The summed E-state index contributed by atoms with van der Waals surface area (Å²) in [6.45, 7) is 5.54. The van der Waals surface area contributed by atoms with Gasteiger partial charge in [-0.15, -0.1) is 0 Å². The van der Waals surface area contributed by atoms with Gasteiger partial charge >= 0.3 is 0 Å². The lowest BCUT2D eigenvalue weighted by atomic mass is 10.0. The first-order valence-electron chi connectivity index (χ1n) is 10.9. The summed E-state index contributed by atoms with van der Waals surface area (Å²) in [6.07, 6.45) is 7.26. The van der Waals surface area contributed by atoms with Crippen molar-refractivity contribution in [1.82, 2.24) is 15.1 Å². The van der Waals surface area contributed by atoms with Crippen molar-refractivity contribution in [3.8, 4) is 16.9 Å². The number of rotatable bonds is 6. The summed E-state index contributed by atoms with van der Waals surface area (Å²) >= 11 is 0. The van der Waals surface area contributed by atoms with Gasteiger partial charge in [0.05, 0.1) is 31.0 Å². The molecule has 0 unspecified atom stereocenters. The number of nitrogens with one attached hydrogen (secondary N) is 2. The topological polar surface area (TPSA) is 51.4 Å². The summed E-state index contributed by atoms with van der Waals surface area (Å²) in [5.74, 6) is -0.388. The van der Waals surface area contributed by atoms with Crippen LogP contribution in [-0.4, -0.2) is 41.4 Å². The third kappa shape index (κ3) is 5.27. The van der Waals surface area contributed by atoms with Gasteiger partial charge in [0.15, 0.2) is 0 Å². The van der Waals surface area contributed by atoms with Crippen LogP contribution >= 0.6 is 0 Å². The fourth-order valence-corrected chi connectivity index (χ4v) is 3.99. The highest BCUT2D eigenvalue weighted by Gasteiger charge is 2.21. The fourth-order valence-electron chi connectivity index (χ4n) is 3.99. The van der Waals surface area contributed by atoms with Gasteiger partial charge in [0, 0.05) is 42.3 Å². The summed E-state index contributed by atoms with van der Waals surface area (Å²) in [6, 6.07) is 16.2. The predicted octanol–water partition coefficient (Wildman–Crippen LogP) is 2.88. The molecular formula is C25H28FN4O+. The van der Waals surface area contributed by atoms with Gasteiger partial charge in [-0.3, -0.25) is 4.79 Å². The van der Waals surface area contributed by atoms with Crippen LogP contribution in [0.25, 0.3) is 23.0 Å². The molecule has 1 saturated heterocycles. The average Bonchev–Trinajstić information content (AvgIpc) is 3.24. The number of piperidine rings is 1. The van der Waals surface area contributed by atoms with Crippen LogP contribution in [0.2, 0.25) is 0 Å². The number of para-hydroxylation sites is 1. The lowest BCUT2D eigenvalue weighted by molar-refractivity contribution is -0.903. The van der Waals surface area contributed by atoms with Gasteiger partial charge in [0.1, 0.15) is 5.82 Å². The maximum atomic E-state index is 13.4. The lowest BCUT2D eigenvalue weighted by Gasteiger charge is -2.28. The zero-order valence-electron chi connectivity index (χ0n) is 17.7. The number of halogens is 1. The molecule has 0 aliphatic carbocycles. The molecule has 0 radical (unpaired) electrons. The molecule has 2 aromatic carbocycles. The van der Waals surface area contributed by atoms with E-state index in [0.717, 1.165) is 49.3 Å². The standard InChI is InChI=1S/C25H27FN4O/c1-2-29-16-14-22(15-17-29)27-24(31)13-10-20-18-30(23-6-4-3-5-7-23)28-25(20)19-8-11-21(26)12-9-19/h3-13,18,22H,2,14-17H2,1H3,(H,27,31)/p+1/b13-10+. The van der Waals surface area contributed by atoms with Crippen LogP contribution in [0.15, 0.2) is 66.9 Å². The van der Waals surface area contributed by atoms with Crippen LogP contribution in [0.4, 0.5) is 4.39 Å². The Morgan fingerprint density at radius 2 is 1.87 bits per heavy atom. The van der Waals surface area contributed by atoms with E-state index >= 15 is 0 Å². The van der Waals surface area contributed by atoms with E-state index in [0.29, 0.717) is 5.69 Å². The fraction of sp³-hybridized carbons (Fsp3) is 0.280. The Morgan fingerprint density at radius 1 is 1.16 bits per heavy atom. The van der Waals surface area contributed by atoms with E-state index in [1.54, 1.807) is 33.9 Å². The molecule has 31 heavy (non-hydrogen) atoms. The first-order valence-corrected chi connectivity index (χ1v) is 10.9. The van der Waals surface area contributed by atoms with E-state index < -0.39 is 0 Å². The smallest absolute Gasteiger partial charge is 0.244 e. The Bertz CT molecular complexity index is 1040. The van der Waals surface area contributed by atoms with Crippen molar-refractivity contribution >= 4 is 12.0 Å². The minimum atomic E-state index is -0.293. The van der Waals surface area contributed by atoms with E-state index in [9.17, 15) is 9.18 Å². The molecule has 1 amide bonds. The van der Waals surface area contributed by atoms with Crippen molar-refractivity contribution in [3.63, 3.8) is 0 Å². The van der Waals surface area contributed by atoms with Crippen molar-refractivity contribution in [2.75, 3.05) is 19.6 Å². The average molecular weight is 420 g/mol. The normalized spacial score (nSPS) is 18.9. The number of amides is 1. The summed E-state index contributed by atoms with van der Waals surface area (Å²) in [7, 11) is 0. The number of quaternary nitrogens is 1. The van der Waals surface area contributed by atoms with Crippen LogP contribution in [0.5, 0.6) is 0 Å². The minimum Gasteiger partial charge on any atom is -0.349 e. The zero-order valence-corrected chi connectivity index (χ0v) is 17.7. The quantitative estimate of drug-likeness (QED) is 0.604. The predicted molar refractivity (Wildman–Crippen MR) is 120 cm³/mol. The zero-order chi connectivity index (χ0) is 21.6. The molecule has 2 heterocycles. The summed E-state index contributed by atoms with van der Waals surface area (Å²) in [5, 5.41) is 7.82. The number of likely N-dealkylation sites (tertiary alicyclic amines) is 1. The Hall–Kier alpha value is -3.25. The molecule has 1 fully saturated rings. The summed E-state index contributed by atoms with van der Waals surface area (Å²) in [5.41, 5.74) is 3.22. The maximum absolute atomic E-state index is 13.4. The molecule has 6 heteroatoms. The van der Waals surface area contributed by atoms with Crippen LogP contribution in [0.3, 0.4) is 0 Å². The SMILES string of the molecule is CC[NH+]1CCC(NC(=O)/C=C/c2cn(-c3ccccc3)nc2-c2ccc(F)cc2)CC1. The highest BCUT2D eigenvalue weighted by molar-refractivity contribution is 5.93. The first kappa shape index (κ1) is 21.0. The molecule has 3 aromatic rings. The second-order valence-corrected chi connectivity index (χ2v) is 7.94. The molecule has 0 spiro atoms. The van der Waals surface area contributed by atoms with Crippen molar-refractivity contribution in [3.05, 3.63) is 78.3 Å². The van der Waals surface area contributed by atoms with Crippen LogP contribution in [0, 0.1) is 5.82 Å². The molecule has 1 aromatic heterocycles. The van der Waals surface area contributed by atoms with Crippen LogP contribution in [-0.2, 0) is 4.79 Å². The van der Waals surface area contributed by atoms with E-state index in [1.807, 2.05) is 36.5 Å². The van der Waals surface area contributed by atoms with Crippen LogP contribution in [0.1, 0.15) is 25.3 Å². The highest BCUT2D eigenvalue weighted by Crippen LogP contribution is 2.25. The Balaban J connectivity index is 1.54. The molecule has 1 aliphatic heterocycles. The molecule has 0 saturated carbocycles. The Morgan fingerprint density at radius 3 is 2.55 bits per heavy atom. The molecule has 1 aliphatic rings. The first-order chi connectivity index (χ1) is 15.1. The number of hydrogen-bond acceptors (Lipinski definition) is 2. The monoisotopic (exact) mass is 419 g/mol. The summed E-state index contributed by atoms with van der Waals surface area (Å²) < 4.78 is 15.2. The molecule has 2 N–H and O–H groups in total. The molecule has 5 nitrogen and oxygen atoms in total. The second-order valence-electron chi connectivity index (χ2n) is 7.94. The van der Waals surface area contributed by atoms with Crippen LogP contribution < -0.4 is 10.2 Å². The third-order valence-electron chi connectivity index (χ3n) is 5.83. The molecular weight excluding hydrogens is 391 g/mol. The molecule has 4 rings (SSSR count). The van der Waals surface area contributed by atoms with Gasteiger partial charge < -0.3 is 10.2 Å². The van der Waals surface area contributed by atoms with Gasteiger partial charge in [-0.25, -0.2) is 9.07 Å². The number of hydrogen-bond donors (Lipinski definition) is 2. The van der Waals surface area contributed by atoms with E-state index in [1.165, 1.54) is 12.1 Å². The summed E-state index contributed by atoms with van der Waals surface area (Å²) in [4.78, 5) is 14.1. The van der Waals surface area contributed by atoms with E-state index in [2.05, 4.69) is 12.2 Å². The molecule has 0 bridgehead atoms. The number of carbonyl (C=O) groups excluding carboxylic acids is 1. The Kier molecular flexibility index (Phi) is 6.57. The van der Waals surface area contributed by atoms with Gasteiger partial charge in [-0.1, -0.05) is 18.2 Å². The third-order valence-corrected chi connectivity index (χ3v) is 5.83. The minimum absolute atomic E-state index is 0.0949. The van der Waals surface area contributed by atoms with E-state index in [4.69, 9.17) is 5.10 Å². The van der Waals surface area contributed by atoms with Gasteiger partial charge in [-0.05, 0) is 49.4 Å². The van der Waals surface area contributed by atoms with Crippen molar-refractivity contribution < 1.29 is 14.1 Å². The number of benzene rings is 2. The number of carbonyl (C=O) groups is 1. The van der Waals surface area contributed by atoms with Crippen molar-refractivity contribution in [2.45, 2.75) is 25.8 Å². The highest BCUT2D eigenvalue weighted by atomic mass is 19.1. The van der Waals surface area contributed by atoms with Gasteiger partial charge in [-0.2, -0.15) is 5.10 Å². The van der Waals surface area contributed by atoms with E-state index in [-0.39, 0.29) is 17.8 Å². The molecule has 0 atom stereocenters. The Labute approximate surface area is 182 Å².